The summed E-state index contributed by atoms with van der Waals surface area (Å²) < 4.78 is 3.74. The van der Waals surface area contributed by atoms with Crippen LogP contribution in [-0.4, -0.2) is 89.1 Å². The molecule has 2 aromatic carbocycles. The molecule has 2 aliphatic heterocycles. The van der Waals surface area contributed by atoms with E-state index in [1.165, 1.54) is 0 Å². The third kappa shape index (κ3) is 6.90. The minimum Gasteiger partial charge on any atom is -0.481 e. The van der Waals surface area contributed by atoms with Crippen LogP contribution in [0.4, 0.5) is 5.69 Å². The summed E-state index contributed by atoms with van der Waals surface area (Å²) in [4.78, 5) is 53.4. The van der Waals surface area contributed by atoms with E-state index in [2.05, 4.69) is 15.1 Å². The number of β-amino-alcohol motifs (C(OH)–C–C–N with tert-alkyl or cyclic N) is 1. The molecular weight excluding hydrogens is 741 g/mol. The SMILES string of the molecule is C[C@H](O)CN1CCc2c(nc(C(=O)Cc3cccc(-c4cccc(NC(=O)c5nc6c(n5C)CCN(CC57CCC(C(=O)O)(CC5)C7)C6)c4Cl)c3Cl)n2C)C1. The minimum absolute atomic E-state index is 0.0481. The number of hydrogen-bond donors (Lipinski definition) is 3. The van der Waals surface area contributed by atoms with Crippen LogP contribution in [-0.2, 0) is 51.2 Å². The minimum atomic E-state index is -0.649. The number of Topliss-reactive ketones (excluding diaryl/α,β-unsaturated/α-hetero) is 1. The Morgan fingerprint density at radius 1 is 0.855 bits per heavy atom. The lowest BCUT2D eigenvalue weighted by Crippen LogP contribution is -2.39. The molecule has 0 radical (unpaired) electrons. The van der Waals surface area contributed by atoms with E-state index in [4.69, 9.17) is 33.2 Å². The molecule has 3 N–H and O–H groups in total. The van der Waals surface area contributed by atoms with E-state index in [0.29, 0.717) is 63.7 Å². The van der Waals surface area contributed by atoms with Crippen LogP contribution in [0.15, 0.2) is 36.4 Å². The molecule has 2 bridgehead atoms. The number of carboxylic acids is 1. The summed E-state index contributed by atoms with van der Waals surface area (Å²) in [6, 6.07) is 10.9. The van der Waals surface area contributed by atoms with Gasteiger partial charge < -0.3 is 24.7 Å². The molecule has 0 unspecified atom stereocenters. The highest BCUT2D eigenvalue weighted by Gasteiger charge is 2.58. The highest BCUT2D eigenvalue weighted by atomic mass is 35.5. The standard InChI is InChI=1S/C41H47Cl2N7O5/c1-24(51)19-49-16-10-31-29(20-49)44-36(47(31)2)33(52)18-25-6-4-7-26(34(25)42)27-8-5-9-28(35(27)43)46-38(53)37-45-30-21-50(17-11-32(30)48(37)3)23-40-12-14-41(22-40,15-13-40)39(54)55/h4-9,24,51H,10-23H2,1-3H3,(H,46,53)(H,54,55)/t24-,40?,41?/m0/s1. The van der Waals surface area contributed by atoms with Gasteiger partial charge in [-0.15, -0.1) is 0 Å². The van der Waals surface area contributed by atoms with Gasteiger partial charge in [-0.25, -0.2) is 9.97 Å². The molecule has 290 valence electrons. The number of imidazole rings is 2. The molecular formula is C41H47Cl2N7O5. The van der Waals surface area contributed by atoms with Crippen LogP contribution in [0.25, 0.3) is 11.1 Å². The number of carbonyl (C=O) groups excluding carboxylic acids is 2. The molecule has 1 amide bonds. The number of nitrogens with zero attached hydrogens (tertiary/aromatic N) is 6. The summed E-state index contributed by atoms with van der Waals surface area (Å²) in [5.41, 5.74) is 5.60. The van der Waals surface area contributed by atoms with Gasteiger partial charge in [0.2, 0.25) is 5.78 Å². The highest BCUT2D eigenvalue weighted by Crippen LogP contribution is 2.62. The first-order chi connectivity index (χ1) is 26.3. The number of rotatable bonds is 11. The second-order valence-electron chi connectivity index (χ2n) is 16.3. The lowest BCUT2D eigenvalue weighted by Gasteiger charge is -2.35. The molecule has 12 nitrogen and oxygen atoms in total. The number of hydrogen-bond acceptors (Lipinski definition) is 8. The highest BCUT2D eigenvalue weighted by molar-refractivity contribution is 6.39. The Labute approximate surface area is 330 Å². The van der Waals surface area contributed by atoms with Gasteiger partial charge in [0.25, 0.3) is 5.91 Å². The van der Waals surface area contributed by atoms with Crippen molar-refractivity contribution in [3.05, 3.63) is 86.4 Å². The van der Waals surface area contributed by atoms with E-state index in [-0.39, 0.29) is 23.5 Å². The number of aliphatic hydroxyl groups excluding tert-OH is 1. The fraction of sp³-hybridized carbons (Fsp3) is 0.488. The van der Waals surface area contributed by atoms with Gasteiger partial charge in [-0.1, -0.05) is 53.5 Å². The Hall–Kier alpha value is -4.07. The van der Waals surface area contributed by atoms with Crippen molar-refractivity contribution < 1.29 is 24.6 Å². The van der Waals surface area contributed by atoms with Crippen LogP contribution in [0.1, 0.15) is 88.6 Å². The smallest absolute Gasteiger partial charge is 0.309 e. The van der Waals surface area contributed by atoms with Gasteiger partial charge in [0.05, 0.1) is 38.6 Å². The maximum Gasteiger partial charge on any atom is 0.309 e. The number of ketones is 1. The summed E-state index contributed by atoms with van der Waals surface area (Å²) in [6.07, 6.45) is 5.28. The second-order valence-corrected chi connectivity index (χ2v) is 17.1. The molecule has 2 saturated carbocycles. The molecule has 4 heterocycles. The first-order valence-electron chi connectivity index (χ1n) is 19.1. The van der Waals surface area contributed by atoms with E-state index in [1.54, 1.807) is 19.1 Å². The van der Waals surface area contributed by atoms with E-state index in [0.717, 1.165) is 87.4 Å². The van der Waals surface area contributed by atoms with Gasteiger partial charge in [-0.2, -0.15) is 0 Å². The zero-order valence-corrected chi connectivity index (χ0v) is 33.0. The van der Waals surface area contributed by atoms with E-state index >= 15 is 0 Å². The van der Waals surface area contributed by atoms with Gasteiger partial charge >= 0.3 is 5.97 Å². The monoisotopic (exact) mass is 787 g/mol. The summed E-state index contributed by atoms with van der Waals surface area (Å²) in [6.45, 7) is 6.02. The van der Waals surface area contributed by atoms with Crippen molar-refractivity contribution in [1.82, 2.24) is 28.9 Å². The molecule has 14 heteroatoms. The van der Waals surface area contributed by atoms with Crippen molar-refractivity contribution in [2.45, 2.75) is 77.5 Å². The molecule has 8 rings (SSSR count). The zero-order valence-electron chi connectivity index (χ0n) is 31.5. The van der Waals surface area contributed by atoms with E-state index < -0.39 is 17.5 Å². The third-order valence-electron chi connectivity index (χ3n) is 12.6. The van der Waals surface area contributed by atoms with Gasteiger partial charge in [-0.05, 0) is 56.1 Å². The Morgan fingerprint density at radius 2 is 1.45 bits per heavy atom. The Bertz CT molecular complexity index is 2200. The van der Waals surface area contributed by atoms with Crippen LogP contribution < -0.4 is 5.32 Å². The number of benzene rings is 2. The number of aromatic nitrogens is 4. The topological polar surface area (TPSA) is 146 Å². The maximum atomic E-state index is 13.8. The zero-order chi connectivity index (χ0) is 38.8. The number of aliphatic hydroxyl groups is 1. The lowest BCUT2D eigenvalue weighted by atomic mass is 9.81. The average molecular weight is 789 g/mol. The number of carboxylic acid groups (broad SMARTS) is 1. The van der Waals surface area contributed by atoms with E-state index in [1.807, 2.05) is 47.5 Å². The molecule has 55 heavy (non-hydrogen) atoms. The van der Waals surface area contributed by atoms with Crippen LogP contribution >= 0.6 is 23.2 Å². The molecule has 2 fully saturated rings. The first-order valence-corrected chi connectivity index (χ1v) is 19.9. The normalized spacial score (nSPS) is 22.7. The summed E-state index contributed by atoms with van der Waals surface area (Å²) in [5, 5.41) is 23.4. The predicted molar refractivity (Wildman–Crippen MR) is 210 cm³/mol. The van der Waals surface area contributed by atoms with Crippen LogP contribution in [0.2, 0.25) is 10.0 Å². The Balaban J connectivity index is 0.959. The lowest BCUT2D eigenvalue weighted by molar-refractivity contribution is -0.148. The average Bonchev–Trinajstić information content (AvgIpc) is 3.90. The van der Waals surface area contributed by atoms with Crippen molar-refractivity contribution in [1.29, 1.82) is 0 Å². The maximum absolute atomic E-state index is 13.8. The van der Waals surface area contributed by atoms with Crippen molar-refractivity contribution in [3.8, 4) is 11.1 Å². The van der Waals surface area contributed by atoms with Crippen molar-refractivity contribution in [2.75, 3.05) is 31.5 Å². The molecule has 4 aromatic rings. The van der Waals surface area contributed by atoms with Crippen LogP contribution in [0.3, 0.4) is 0 Å². The van der Waals surface area contributed by atoms with E-state index in [9.17, 15) is 24.6 Å². The molecule has 4 aliphatic rings. The molecule has 0 spiro atoms. The molecule has 0 saturated heterocycles. The van der Waals surface area contributed by atoms with Gasteiger partial charge in [0.1, 0.15) is 0 Å². The van der Waals surface area contributed by atoms with Crippen molar-refractivity contribution in [3.63, 3.8) is 0 Å². The van der Waals surface area contributed by atoms with Crippen molar-refractivity contribution >= 4 is 46.5 Å². The fourth-order valence-corrected chi connectivity index (χ4v) is 10.4. The van der Waals surface area contributed by atoms with Gasteiger partial charge in [-0.3, -0.25) is 24.2 Å². The number of fused-ring (bicyclic) bond motifs is 4. The van der Waals surface area contributed by atoms with Crippen molar-refractivity contribution in [2.24, 2.45) is 24.9 Å². The quantitative estimate of drug-likeness (QED) is 0.157. The fourth-order valence-electron chi connectivity index (χ4n) is 9.78. The van der Waals surface area contributed by atoms with Crippen LogP contribution in [0, 0.1) is 10.8 Å². The number of carbonyl (C=O) groups is 3. The summed E-state index contributed by atoms with van der Waals surface area (Å²) in [7, 11) is 3.73. The Morgan fingerprint density at radius 3 is 2.11 bits per heavy atom. The number of nitrogens with one attached hydrogen (secondary N) is 1. The Kier molecular flexibility index (Phi) is 9.95. The molecule has 1 atom stereocenters. The van der Waals surface area contributed by atoms with Gasteiger partial charge in [0.15, 0.2) is 11.6 Å². The second kappa shape index (κ2) is 14.5. The summed E-state index contributed by atoms with van der Waals surface area (Å²) >= 11 is 14.0. The third-order valence-corrected chi connectivity index (χ3v) is 13.5. The summed E-state index contributed by atoms with van der Waals surface area (Å²) in [5.74, 6) is -0.502. The van der Waals surface area contributed by atoms with Crippen LogP contribution in [0.5, 0.6) is 0 Å². The number of anilines is 1. The number of halogens is 2. The largest absolute Gasteiger partial charge is 0.481 e. The van der Waals surface area contributed by atoms with Gasteiger partial charge in [0, 0.05) is 95.1 Å². The molecule has 2 aliphatic carbocycles. The predicted octanol–water partition coefficient (Wildman–Crippen LogP) is 5.94. The number of aliphatic carboxylic acids is 1. The number of amides is 1. The molecule has 2 aromatic heterocycles. The first kappa shape index (κ1) is 37.8.